The topological polar surface area (TPSA) is 99.6 Å². The summed E-state index contributed by atoms with van der Waals surface area (Å²) in [6.45, 7) is 1.35. The highest BCUT2D eigenvalue weighted by Gasteiger charge is 2.32. The standard InChI is InChI=1S/C26H18F5N3O5/c1-12-4-13(26(29,30)31)6-14(5-12)34-24(36)23(35)22-17(27)7-15(8-18(22)28)39-25-16-9-20(37-2)21(38-3)10-19(16)32-11-33-25/h4-11H,1-3H3,(H,34,36). The summed E-state index contributed by atoms with van der Waals surface area (Å²) in [7, 11) is 2.83. The number of ketones is 1. The molecule has 1 amide bonds. The molecule has 4 rings (SSSR count). The lowest BCUT2D eigenvalue weighted by atomic mass is 10.1. The Balaban J connectivity index is 1.61. The molecule has 0 spiro atoms. The molecular formula is C26H18F5N3O5. The second kappa shape index (κ2) is 10.5. The molecule has 1 N–H and O–H groups in total. The van der Waals surface area contributed by atoms with Gasteiger partial charge in [0.1, 0.15) is 23.7 Å². The molecule has 3 aromatic carbocycles. The van der Waals surface area contributed by atoms with Gasteiger partial charge in [0, 0.05) is 23.9 Å². The molecule has 0 bridgehead atoms. The van der Waals surface area contributed by atoms with Gasteiger partial charge in [0.05, 0.1) is 36.2 Å². The van der Waals surface area contributed by atoms with Gasteiger partial charge in [0.25, 0.3) is 11.7 Å². The van der Waals surface area contributed by atoms with Crippen LogP contribution in [-0.2, 0) is 11.0 Å². The van der Waals surface area contributed by atoms with Crippen LogP contribution in [0.4, 0.5) is 27.6 Å². The van der Waals surface area contributed by atoms with Crippen LogP contribution in [-0.4, -0.2) is 35.9 Å². The third kappa shape index (κ3) is 5.71. The Morgan fingerprint density at radius 3 is 2.13 bits per heavy atom. The number of hydrogen-bond donors (Lipinski definition) is 1. The first-order chi connectivity index (χ1) is 18.4. The van der Waals surface area contributed by atoms with E-state index in [2.05, 4.69) is 9.97 Å². The average Bonchev–Trinajstić information content (AvgIpc) is 2.86. The molecule has 13 heteroatoms. The van der Waals surface area contributed by atoms with Crippen molar-refractivity contribution >= 4 is 28.3 Å². The fourth-order valence-electron chi connectivity index (χ4n) is 3.70. The maximum atomic E-state index is 14.8. The minimum Gasteiger partial charge on any atom is -0.493 e. The largest absolute Gasteiger partial charge is 0.493 e. The van der Waals surface area contributed by atoms with E-state index in [9.17, 15) is 31.5 Å². The Hall–Kier alpha value is -4.81. The summed E-state index contributed by atoms with van der Waals surface area (Å²) in [5.41, 5.74) is -2.16. The van der Waals surface area contributed by atoms with Gasteiger partial charge in [0.2, 0.25) is 5.88 Å². The SMILES string of the molecule is COc1cc2ncnc(Oc3cc(F)c(C(=O)C(=O)Nc4cc(C)cc(C(F)(F)F)c4)c(F)c3)c2cc1OC. The highest BCUT2D eigenvalue weighted by molar-refractivity contribution is 6.46. The Morgan fingerprint density at radius 2 is 1.51 bits per heavy atom. The van der Waals surface area contributed by atoms with E-state index in [-0.39, 0.29) is 17.1 Å². The highest BCUT2D eigenvalue weighted by atomic mass is 19.4. The van der Waals surface area contributed by atoms with Crippen LogP contribution < -0.4 is 19.5 Å². The van der Waals surface area contributed by atoms with Crippen LogP contribution in [0.25, 0.3) is 10.9 Å². The molecule has 39 heavy (non-hydrogen) atoms. The van der Waals surface area contributed by atoms with Gasteiger partial charge >= 0.3 is 6.18 Å². The average molecular weight is 547 g/mol. The van der Waals surface area contributed by atoms with E-state index < -0.39 is 46.4 Å². The van der Waals surface area contributed by atoms with Crippen LogP contribution in [0.5, 0.6) is 23.1 Å². The number of fused-ring (bicyclic) bond motifs is 1. The number of carbonyl (C=O) groups excluding carboxylic acids is 2. The van der Waals surface area contributed by atoms with Gasteiger partial charge < -0.3 is 19.5 Å². The predicted molar refractivity (Wildman–Crippen MR) is 128 cm³/mol. The van der Waals surface area contributed by atoms with Gasteiger partial charge in [0.15, 0.2) is 11.5 Å². The number of rotatable bonds is 7. The Kier molecular flexibility index (Phi) is 7.34. The quantitative estimate of drug-likeness (QED) is 0.176. The number of ether oxygens (including phenoxy) is 3. The second-order valence-corrected chi connectivity index (χ2v) is 8.14. The summed E-state index contributed by atoms with van der Waals surface area (Å²) in [6.07, 6.45) is -3.57. The monoisotopic (exact) mass is 547 g/mol. The van der Waals surface area contributed by atoms with E-state index in [1.165, 1.54) is 39.3 Å². The van der Waals surface area contributed by atoms with Gasteiger partial charge in [-0.05, 0) is 36.8 Å². The first-order valence-corrected chi connectivity index (χ1v) is 11.0. The number of nitrogens with one attached hydrogen (secondary N) is 1. The van der Waals surface area contributed by atoms with Gasteiger partial charge in [-0.3, -0.25) is 9.59 Å². The summed E-state index contributed by atoms with van der Waals surface area (Å²) in [5, 5.41) is 2.26. The number of carbonyl (C=O) groups is 2. The van der Waals surface area contributed by atoms with Crippen LogP contribution in [0.3, 0.4) is 0 Å². The zero-order chi connectivity index (χ0) is 28.5. The summed E-state index contributed by atoms with van der Waals surface area (Å²) >= 11 is 0. The van der Waals surface area contributed by atoms with Gasteiger partial charge in [-0.2, -0.15) is 13.2 Å². The van der Waals surface area contributed by atoms with E-state index in [4.69, 9.17) is 14.2 Å². The number of nitrogens with zero attached hydrogens (tertiary/aromatic N) is 2. The van der Waals surface area contributed by atoms with Crippen molar-refractivity contribution in [1.82, 2.24) is 9.97 Å². The molecule has 0 fully saturated rings. The maximum Gasteiger partial charge on any atom is 0.416 e. The molecule has 202 valence electrons. The zero-order valence-electron chi connectivity index (χ0n) is 20.4. The fraction of sp³-hybridized carbons (Fsp3) is 0.154. The van der Waals surface area contributed by atoms with Crippen molar-refractivity contribution in [2.75, 3.05) is 19.5 Å². The van der Waals surface area contributed by atoms with Crippen molar-refractivity contribution in [2.45, 2.75) is 13.1 Å². The van der Waals surface area contributed by atoms with Crippen LogP contribution in [0.1, 0.15) is 21.5 Å². The summed E-state index contributed by atoms with van der Waals surface area (Å²) in [6, 6.07) is 6.95. The lowest BCUT2D eigenvalue weighted by Crippen LogP contribution is -2.25. The number of methoxy groups -OCH3 is 2. The number of Topliss-reactive ketones (excluding diaryl/α,β-unsaturated/α-hetero) is 1. The lowest BCUT2D eigenvalue weighted by Gasteiger charge is -2.13. The van der Waals surface area contributed by atoms with Gasteiger partial charge in [-0.15, -0.1) is 0 Å². The molecule has 0 aliphatic heterocycles. The lowest BCUT2D eigenvalue weighted by molar-refractivity contribution is -0.137. The second-order valence-electron chi connectivity index (χ2n) is 8.14. The molecule has 0 aliphatic rings. The number of alkyl halides is 3. The first-order valence-electron chi connectivity index (χ1n) is 11.0. The Morgan fingerprint density at radius 1 is 0.872 bits per heavy atom. The highest BCUT2D eigenvalue weighted by Crippen LogP contribution is 2.36. The van der Waals surface area contributed by atoms with E-state index >= 15 is 0 Å². The number of anilines is 1. The number of halogens is 5. The van der Waals surface area contributed by atoms with E-state index in [0.717, 1.165) is 12.4 Å². The van der Waals surface area contributed by atoms with Crippen molar-refractivity contribution < 1.29 is 45.8 Å². The van der Waals surface area contributed by atoms with Crippen LogP contribution in [0.2, 0.25) is 0 Å². The van der Waals surface area contributed by atoms with Crippen LogP contribution >= 0.6 is 0 Å². The number of aryl methyl sites for hydroxylation is 1. The van der Waals surface area contributed by atoms with Crippen molar-refractivity contribution in [3.8, 4) is 23.1 Å². The van der Waals surface area contributed by atoms with Crippen LogP contribution in [0, 0.1) is 18.6 Å². The minimum absolute atomic E-state index is 0.100. The molecule has 1 aromatic heterocycles. The number of aromatic nitrogens is 2. The summed E-state index contributed by atoms with van der Waals surface area (Å²) in [4.78, 5) is 33.0. The van der Waals surface area contributed by atoms with Gasteiger partial charge in [-0.1, -0.05) is 0 Å². The van der Waals surface area contributed by atoms with Crippen molar-refractivity contribution in [3.05, 3.63) is 77.1 Å². The summed E-state index contributed by atoms with van der Waals surface area (Å²) < 4.78 is 84.8. The van der Waals surface area contributed by atoms with Crippen molar-refractivity contribution in [3.63, 3.8) is 0 Å². The molecule has 8 nitrogen and oxygen atoms in total. The molecule has 0 atom stereocenters. The van der Waals surface area contributed by atoms with Crippen LogP contribution in [0.15, 0.2) is 48.8 Å². The van der Waals surface area contributed by atoms with E-state index in [1.807, 2.05) is 5.32 Å². The van der Waals surface area contributed by atoms with Crippen molar-refractivity contribution in [1.29, 1.82) is 0 Å². The smallest absolute Gasteiger partial charge is 0.416 e. The fourth-order valence-corrected chi connectivity index (χ4v) is 3.70. The normalized spacial score (nSPS) is 11.3. The Bertz CT molecular complexity index is 1580. The van der Waals surface area contributed by atoms with E-state index in [0.29, 0.717) is 40.6 Å². The molecule has 0 unspecified atom stereocenters. The third-order valence-electron chi connectivity index (χ3n) is 5.43. The van der Waals surface area contributed by atoms with Gasteiger partial charge in [-0.25, -0.2) is 18.7 Å². The first kappa shape index (κ1) is 27.2. The Labute approximate surface area is 217 Å². The maximum absolute atomic E-state index is 14.8. The molecular weight excluding hydrogens is 529 g/mol. The number of benzene rings is 3. The molecule has 0 saturated carbocycles. The predicted octanol–water partition coefficient (Wildman–Crippen LogP) is 5.87. The molecule has 0 saturated heterocycles. The minimum atomic E-state index is -4.71. The summed E-state index contributed by atoms with van der Waals surface area (Å²) in [5.74, 6) is -5.88. The molecule has 4 aromatic rings. The third-order valence-corrected chi connectivity index (χ3v) is 5.43. The van der Waals surface area contributed by atoms with E-state index in [1.54, 1.807) is 0 Å². The zero-order valence-corrected chi connectivity index (χ0v) is 20.4. The number of hydrogen-bond acceptors (Lipinski definition) is 7. The molecule has 1 heterocycles. The van der Waals surface area contributed by atoms with Crippen molar-refractivity contribution in [2.24, 2.45) is 0 Å². The molecule has 0 radical (unpaired) electrons. The molecule has 0 aliphatic carbocycles. The number of amides is 1.